The van der Waals surface area contributed by atoms with E-state index in [1.165, 1.54) is 43.5 Å². The van der Waals surface area contributed by atoms with Gasteiger partial charge in [-0.25, -0.2) is 8.42 Å². The van der Waals surface area contributed by atoms with Gasteiger partial charge in [0.1, 0.15) is 22.1 Å². The molecule has 2 aromatic rings. The molecule has 8 heteroatoms. The molecule has 0 aromatic heterocycles. The SMILES string of the molecule is COc1ccc(O)c(NS(=O)(=O)c2cc(Br)ccc2O)c1. The number of ether oxygens (including phenoxy) is 1. The van der Waals surface area contributed by atoms with Crippen LogP contribution in [0, 0.1) is 0 Å². The van der Waals surface area contributed by atoms with Crippen LogP contribution in [0.25, 0.3) is 0 Å². The van der Waals surface area contributed by atoms with Crippen LogP contribution in [0.3, 0.4) is 0 Å². The standard InChI is InChI=1S/C13H12BrNO5S/c1-20-9-3-5-11(16)10(7-9)15-21(18,19)13-6-8(14)2-4-12(13)17/h2-7,15-17H,1H3. The fourth-order valence-corrected chi connectivity index (χ4v) is 3.33. The number of halogens is 1. The molecular weight excluding hydrogens is 362 g/mol. The number of hydrogen-bond donors (Lipinski definition) is 3. The molecule has 0 atom stereocenters. The maximum absolute atomic E-state index is 12.3. The van der Waals surface area contributed by atoms with Crippen LogP contribution in [-0.2, 0) is 10.0 Å². The Kier molecular flexibility index (Phi) is 4.29. The molecule has 0 aliphatic heterocycles. The highest BCUT2D eigenvalue weighted by atomic mass is 79.9. The summed E-state index contributed by atoms with van der Waals surface area (Å²) in [6.07, 6.45) is 0. The van der Waals surface area contributed by atoms with E-state index in [1.54, 1.807) is 0 Å². The normalized spacial score (nSPS) is 11.1. The van der Waals surface area contributed by atoms with Crippen molar-refractivity contribution in [3.05, 3.63) is 40.9 Å². The quantitative estimate of drug-likeness (QED) is 0.716. The molecule has 0 fully saturated rings. The molecule has 2 rings (SSSR count). The smallest absolute Gasteiger partial charge is 0.265 e. The average Bonchev–Trinajstić information content (AvgIpc) is 2.43. The first-order valence-electron chi connectivity index (χ1n) is 5.72. The fraction of sp³-hybridized carbons (Fsp3) is 0.0769. The Morgan fingerprint density at radius 2 is 1.76 bits per heavy atom. The molecule has 2 aromatic carbocycles. The summed E-state index contributed by atoms with van der Waals surface area (Å²) < 4.78 is 32.2. The van der Waals surface area contributed by atoms with E-state index in [2.05, 4.69) is 20.7 Å². The monoisotopic (exact) mass is 373 g/mol. The molecule has 0 amide bonds. The van der Waals surface area contributed by atoms with Crippen molar-refractivity contribution in [3.63, 3.8) is 0 Å². The van der Waals surface area contributed by atoms with Gasteiger partial charge in [-0.1, -0.05) is 15.9 Å². The lowest BCUT2D eigenvalue weighted by Crippen LogP contribution is -2.13. The molecule has 0 aliphatic carbocycles. The predicted molar refractivity (Wildman–Crippen MR) is 81.3 cm³/mol. The maximum Gasteiger partial charge on any atom is 0.265 e. The van der Waals surface area contributed by atoms with E-state index in [9.17, 15) is 18.6 Å². The van der Waals surface area contributed by atoms with Crippen molar-refractivity contribution in [2.45, 2.75) is 4.90 Å². The number of nitrogens with one attached hydrogen (secondary N) is 1. The molecule has 0 saturated heterocycles. The van der Waals surface area contributed by atoms with E-state index in [-0.39, 0.29) is 16.3 Å². The summed E-state index contributed by atoms with van der Waals surface area (Å²) in [7, 11) is -2.64. The molecule has 0 spiro atoms. The highest BCUT2D eigenvalue weighted by Gasteiger charge is 2.20. The lowest BCUT2D eigenvalue weighted by molar-refractivity contribution is 0.413. The Morgan fingerprint density at radius 3 is 2.43 bits per heavy atom. The Bertz CT molecular complexity index is 776. The Labute approximate surface area is 130 Å². The van der Waals surface area contributed by atoms with Gasteiger partial charge < -0.3 is 14.9 Å². The van der Waals surface area contributed by atoms with E-state index >= 15 is 0 Å². The van der Waals surface area contributed by atoms with Gasteiger partial charge in [0, 0.05) is 10.5 Å². The number of anilines is 1. The van der Waals surface area contributed by atoms with Crippen LogP contribution < -0.4 is 9.46 Å². The second kappa shape index (κ2) is 5.82. The van der Waals surface area contributed by atoms with Gasteiger partial charge in [0.2, 0.25) is 0 Å². The van der Waals surface area contributed by atoms with Gasteiger partial charge in [-0.2, -0.15) is 0 Å². The third-order valence-electron chi connectivity index (χ3n) is 2.66. The molecule has 0 unspecified atom stereocenters. The lowest BCUT2D eigenvalue weighted by Gasteiger charge is -2.12. The highest BCUT2D eigenvalue weighted by Crippen LogP contribution is 2.32. The molecule has 0 saturated carbocycles. The minimum absolute atomic E-state index is 0.0475. The number of phenols is 2. The first-order chi connectivity index (χ1) is 9.83. The van der Waals surface area contributed by atoms with Crippen LogP contribution in [0.15, 0.2) is 45.8 Å². The number of hydrogen-bond acceptors (Lipinski definition) is 5. The molecule has 0 heterocycles. The van der Waals surface area contributed by atoms with Gasteiger partial charge in [0.15, 0.2) is 0 Å². The molecule has 0 aliphatic rings. The number of sulfonamides is 1. The van der Waals surface area contributed by atoms with Crippen LogP contribution in [0.2, 0.25) is 0 Å². The summed E-state index contributed by atoms with van der Waals surface area (Å²) >= 11 is 3.14. The van der Waals surface area contributed by atoms with Gasteiger partial charge in [0.25, 0.3) is 10.0 Å². The Morgan fingerprint density at radius 1 is 1.10 bits per heavy atom. The van der Waals surface area contributed by atoms with Crippen LogP contribution in [0.4, 0.5) is 5.69 Å². The molecule has 112 valence electrons. The van der Waals surface area contributed by atoms with Crippen LogP contribution >= 0.6 is 15.9 Å². The van der Waals surface area contributed by atoms with Gasteiger partial charge in [0.05, 0.1) is 12.8 Å². The second-order valence-electron chi connectivity index (χ2n) is 4.10. The predicted octanol–water partition coefficient (Wildman–Crippen LogP) is 2.67. The minimum atomic E-state index is -4.06. The third-order valence-corrected chi connectivity index (χ3v) is 4.55. The number of aromatic hydroxyl groups is 2. The molecular formula is C13H12BrNO5S. The van der Waals surface area contributed by atoms with Crippen molar-refractivity contribution in [1.82, 2.24) is 0 Å². The summed E-state index contributed by atoms with van der Waals surface area (Å²) in [4.78, 5) is -0.306. The summed E-state index contributed by atoms with van der Waals surface area (Å²) in [6.45, 7) is 0. The lowest BCUT2D eigenvalue weighted by atomic mass is 10.3. The van der Waals surface area contributed by atoms with Crippen LogP contribution in [-0.4, -0.2) is 25.7 Å². The third kappa shape index (κ3) is 3.40. The van der Waals surface area contributed by atoms with E-state index in [1.807, 2.05) is 0 Å². The maximum atomic E-state index is 12.3. The van der Waals surface area contributed by atoms with Crippen molar-refractivity contribution in [3.8, 4) is 17.2 Å². The van der Waals surface area contributed by atoms with E-state index < -0.39 is 15.8 Å². The van der Waals surface area contributed by atoms with Gasteiger partial charge in [-0.3, -0.25) is 4.72 Å². The van der Waals surface area contributed by atoms with Crippen LogP contribution in [0.5, 0.6) is 17.2 Å². The number of rotatable bonds is 4. The van der Waals surface area contributed by atoms with E-state index in [0.29, 0.717) is 10.2 Å². The molecule has 0 bridgehead atoms. The zero-order chi connectivity index (χ0) is 15.6. The average molecular weight is 374 g/mol. The number of phenolic OH excluding ortho intramolecular Hbond substituents is 2. The Hall–Kier alpha value is -1.93. The molecule has 3 N–H and O–H groups in total. The van der Waals surface area contributed by atoms with Crippen LogP contribution in [0.1, 0.15) is 0 Å². The first-order valence-corrected chi connectivity index (χ1v) is 7.99. The second-order valence-corrected chi connectivity index (χ2v) is 6.67. The number of benzene rings is 2. The Balaban J connectivity index is 2.44. The van der Waals surface area contributed by atoms with Crippen molar-refractivity contribution < 1.29 is 23.4 Å². The zero-order valence-electron chi connectivity index (χ0n) is 10.9. The van der Waals surface area contributed by atoms with E-state index in [0.717, 1.165) is 0 Å². The van der Waals surface area contributed by atoms with Gasteiger partial charge in [-0.05, 0) is 30.3 Å². The molecule has 21 heavy (non-hydrogen) atoms. The zero-order valence-corrected chi connectivity index (χ0v) is 13.3. The van der Waals surface area contributed by atoms with Crippen molar-refractivity contribution >= 4 is 31.6 Å². The molecule has 0 radical (unpaired) electrons. The van der Waals surface area contributed by atoms with Gasteiger partial charge in [-0.15, -0.1) is 0 Å². The molecule has 6 nitrogen and oxygen atoms in total. The van der Waals surface area contributed by atoms with Crippen molar-refractivity contribution in [2.24, 2.45) is 0 Å². The summed E-state index contributed by atoms with van der Waals surface area (Å²) in [5, 5.41) is 19.4. The van der Waals surface area contributed by atoms with Crippen molar-refractivity contribution in [1.29, 1.82) is 0 Å². The topological polar surface area (TPSA) is 95.9 Å². The fourth-order valence-electron chi connectivity index (χ4n) is 1.63. The largest absolute Gasteiger partial charge is 0.507 e. The summed E-state index contributed by atoms with van der Waals surface area (Å²) in [5.41, 5.74) is -0.0475. The number of methoxy groups -OCH3 is 1. The first kappa shape index (κ1) is 15.5. The summed E-state index contributed by atoms with van der Waals surface area (Å²) in [6, 6.07) is 8.15. The highest BCUT2D eigenvalue weighted by molar-refractivity contribution is 9.10. The van der Waals surface area contributed by atoms with E-state index in [4.69, 9.17) is 4.74 Å². The summed E-state index contributed by atoms with van der Waals surface area (Å²) in [5.74, 6) is -0.272. The van der Waals surface area contributed by atoms with Crippen molar-refractivity contribution in [2.75, 3.05) is 11.8 Å². The minimum Gasteiger partial charge on any atom is -0.507 e. The van der Waals surface area contributed by atoms with Gasteiger partial charge >= 0.3 is 0 Å².